The monoisotopic (exact) mass is 2230 g/mol. The maximum Gasteiger partial charge on any atom is 0.251 e. The Morgan fingerprint density at radius 3 is 1.14 bits per heavy atom. The number of fused-ring (bicyclic) bond motifs is 3. The number of pyridine rings is 1. The van der Waals surface area contributed by atoms with E-state index in [1.54, 1.807) is 172 Å². The van der Waals surface area contributed by atoms with Crippen LogP contribution in [0.2, 0.25) is 0 Å². The van der Waals surface area contributed by atoms with Gasteiger partial charge >= 0.3 is 0 Å². The smallest absolute Gasteiger partial charge is 0.251 e. The van der Waals surface area contributed by atoms with Gasteiger partial charge in [0.15, 0.2) is 12.0 Å². The third kappa shape index (κ3) is 76.1. The highest BCUT2D eigenvalue weighted by molar-refractivity contribution is 7.89. The first kappa shape index (κ1) is 143. The molecule has 42 heteroatoms. The number of sulfonamides is 1. The van der Waals surface area contributed by atoms with E-state index in [1.165, 1.54) is 94.3 Å². The van der Waals surface area contributed by atoms with E-state index in [4.69, 9.17) is 44.0 Å². The molecule has 0 aliphatic rings. The second-order valence-corrected chi connectivity index (χ2v) is 53.7. The summed E-state index contributed by atoms with van der Waals surface area (Å²) in [7, 11) is -3.58. The molecule has 0 saturated heterocycles. The summed E-state index contributed by atoms with van der Waals surface area (Å²) in [6.07, 6.45) is 27.6. The molecule has 0 radical (unpaired) electrons. The van der Waals surface area contributed by atoms with Crippen molar-refractivity contribution < 1.29 is 70.2 Å². The van der Waals surface area contributed by atoms with Gasteiger partial charge in [0.05, 0.1) is 20.6 Å². The maximum absolute atomic E-state index is 11.9. The number of thiazole rings is 1. The number of nitrogens with zero attached hydrogens (tertiary/aromatic N) is 3. The Balaban J connectivity index is 0. The summed E-state index contributed by atoms with van der Waals surface area (Å²) in [5.41, 5.74) is 47.5. The van der Waals surface area contributed by atoms with Crippen molar-refractivity contribution in [2.45, 2.75) is 306 Å². The second kappa shape index (κ2) is 81.3. The van der Waals surface area contributed by atoms with Gasteiger partial charge in [-0.2, -0.15) is 0 Å². The lowest BCUT2D eigenvalue weighted by Gasteiger charge is -2.20. The molecule has 4 aromatic heterocycles. The molecule has 10 aromatic rings. The molecule has 0 aliphatic carbocycles. The highest BCUT2D eigenvalue weighted by atomic mass is 32.2. The number of aromatic nitrogens is 3. The molecule has 1 amide bonds. The lowest BCUT2D eigenvalue weighted by Crippen LogP contribution is -2.30. The molecule has 0 bridgehead atoms. The SMILES string of the molecule is CC(C)(C)S(=O)[O-].CC(C)(C)S(=O)[O-].CC(C)(C)S(=O)[O-].CC(C)(C)S(=O)[O-].CC(C)(C)S(=O)[O-].CC(C)(C)S(=O)[O-].CC(C)NC(=O)c1cccc(NCCCCCN)c1.NCCCCCNCCc1ccc(S(N)(=O)=O)cc1.NCCCCCNc1ccc(Cc2ccncc2)cc1.NCCCCCNc1ccc2ncsc2c1.NCCCCCNc1ccc2ocnc2c1.NCCCCCNc1ccc2sccc2c1. The number of anilines is 5. The third-order valence-corrected chi connectivity index (χ3v) is 28.3. The van der Waals surface area contributed by atoms with E-state index in [1.807, 2.05) is 74.2 Å². The largest absolute Gasteiger partial charge is 0.772 e. The summed E-state index contributed by atoms with van der Waals surface area (Å²) in [5.74, 6) is -0.0261. The van der Waals surface area contributed by atoms with Crippen LogP contribution in [-0.2, 0) is 89.3 Å². The summed E-state index contributed by atoms with van der Waals surface area (Å²) in [6.45, 7) is 45.1. The van der Waals surface area contributed by atoms with Crippen molar-refractivity contribution in [1.29, 1.82) is 0 Å². The molecule has 0 saturated carbocycles. The van der Waals surface area contributed by atoms with Crippen LogP contribution in [-0.4, -0.2) is 201 Å². The first-order valence-corrected chi connectivity index (χ1v) is 60.0. The summed E-state index contributed by atoms with van der Waals surface area (Å²) in [6, 6.07) is 48.2. The molecule has 0 spiro atoms. The van der Waals surface area contributed by atoms with Gasteiger partial charge < -0.3 is 103 Å². The fourth-order valence-corrected chi connectivity index (χ4v) is 12.8. The van der Waals surface area contributed by atoms with Crippen LogP contribution in [0.5, 0.6) is 0 Å². The predicted molar refractivity (Wildman–Crippen MR) is 624 cm³/mol. The van der Waals surface area contributed by atoms with Crippen LogP contribution in [0.4, 0.5) is 28.4 Å². The van der Waals surface area contributed by atoms with Gasteiger partial charge in [-0.15, -0.1) is 22.7 Å². The van der Waals surface area contributed by atoms with Crippen LogP contribution in [0.3, 0.4) is 0 Å². The summed E-state index contributed by atoms with van der Waals surface area (Å²) in [4.78, 5) is 24.4. The van der Waals surface area contributed by atoms with E-state index < -0.39 is 105 Å². The summed E-state index contributed by atoms with van der Waals surface area (Å²) < 4.78 is 147. The lowest BCUT2D eigenvalue weighted by atomic mass is 10.1. The number of carbonyl (C=O) groups excluding carboxylic acids is 1. The molecule has 4 heterocycles. The van der Waals surface area contributed by atoms with Crippen molar-refractivity contribution in [3.63, 3.8) is 0 Å². The maximum atomic E-state index is 11.9. The zero-order valence-electron chi connectivity index (χ0n) is 91.2. The van der Waals surface area contributed by atoms with Gasteiger partial charge in [0.1, 0.15) is 5.52 Å². The normalized spacial score (nSPS) is 12.5. The van der Waals surface area contributed by atoms with Crippen molar-refractivity contribution in [3.05, 3.63) is 198 Å². The Hall–Kier alpha value is -7.45. The van der Waals surface area contributed by atoms with Gasteiger partial charge in [-0.3, -0.25) is 35.0 Å². The number of nitrogens with two attached hydrogens (primary N) is 7. The molecule has 6 atom stereocenters. The average Bonchev–Trinajstić information content (AvgIpc) is 1.76. The number of amides is 1. The minimum atomic E-state index is -3.58. The highest BCUT2D eigenvalue weighted by Gasteiger charge is 2.15. The Bertz CT molecular complexity index is 4970. The quantitative estimate of drug-likeness (QED) is 0.0125. The number of rotatable bonds is 43. The van der Waals surface area contributed by atoms with Gasteiger partial charge in [0.25, 0.3) is 5.91 Å². The molecular formula is C106H177N17O16S9-6. The van der Waals surface area contributed by atoms with E-state index in [0.717, 1.165) is 202 Å². The number of nitrogens with one attached hydrogen (secondary N) is 7. The van der Waals surface area contributed by atoms with Crippen LogP contribution < -0.4 is 76.8 Å². The fraction of sp³-hybridized carbons (Fsp3) is 0.566. The van der Waals surface area contributed by atoms with Crippen molar-refractivity contribution in [3.8, 4) is 0 Å². The lowest BCUT2D eigenvalue weighted by molar-refractivity contribution is 0.0942. The number of primary sulfonamides is 1. The van der Waals surface area contributed by atoms with Crippen LogP contribution >= 0.6 is 22.7 Å². The second-order valence-electron chi connectivity index (χ2n) is 40.2. The molecule has 0 aliphatic heterocycles. The van der Waals surface area contributed by atoms with Gasteiger partial charge in [-0.1, -0.05) is 68.9 Å². The van der Waals surface area contributed by atoms with Crippen LogP contribution in [0.15, 0.2) is 185 Å². The predicted octanol–water partition coefficient (Wildman–Crippen LogP) is 18.8. The number of thiophene rings is 1. The highest BCUT2D eigenvalue weighted by Crippen LogP contribution is 2.26. The van der Waals surface area contributed by atoms with Crippen molar-refractivity contribution in [2.24, 2.45) is 39.5 Å². The van der Waals surface area contributed by atoms with E-state index >= 15 is 0 Å². The molecule has 6 aromatic carbocycles. The third-order valence-electron chi connectivity index (χ3n) is 19.7. The van der Waals surface area contributed by atoms with Crippen molar-refractivity contribution in [1.82, 2.24) is 25.6 Å². The minimum absolute atomic E-state index is 0.0261. The molecular weight excluding hydrogens is 2060 g/mol. The zero-order chi connectivity index (χ0) is 112. The first-order chi connectivity index (χ1) is 69.4. The molecule has 33 nitrogen and oxygen atoms in total. The number of oxazole rings is 1. The molecule has 10 rings (SSSR count). The molecule has 842 valence electrons. The van der Waals surface area contributed by atoms with E-state index in [0.29, 0.717) is 5.56 Å². The Morgan fingerprint density at radius 1 is 0.378 bits per heavy atom. The van der Waals surface area contributed by atoms with E-state index in [2.05, 4.69) is 136 Å². The van der Waals surface area contributed by atoms with Crippen LogP contribution in [0.25, 0.3) is 31.4 Å². The van der Waals surface area contributed by atoms with Crippen LogP contribution in [0.1, 0.15) is 281 Å². The number of hydrogen-bond donors (Lipinski definition) is 14. The number of hydrogen-bond acceptors (Lipinski definition) is 33. The zero-order valence-corrected chi connectivity index (χ0v) is 98.6. The number of benzene rings is 6. The molecule has 0 fully saturated rings. The Morgan fingerprint density at radius 2 is 0.736 bits per heavy atom. The van der Waals surface area contributed by atoms with Gasteiger partial charge in [0.2, 0.25) is 10.0 Å². The summed E-state index contributed by atoms with van der Waals surface area (Å²) >= 11 is -8.13. The standard InChI is InChI=1S/C17H23N3.C15H25N3O.C13H23N3O2S.C13H18N2S.C12H17N3O.C12H17N3S.6C4H10O2S/c18-10-2-1-3-11-20-17-6-4-15(5-7-17)14-16-8-12-19-13-9-16;1-12(2)18-15(19)13-7-6-8-14(11-13)17-10-5-3-4-9-16;14-9-2-1-3-10-16-11-8-12-4-6-13(7-5-12)19(15,17)18;14-7-2-1-3-8-15-12-4-5-13-11(10-12)6-9-16-13;13-6-2-1-3-7-14-10-4-5-12-11(8-10)15-9-16-12;13-6-2-1-3-7-14-10-4-5-11-12(8-10)16-9-15-11;6*1-4(2,3)7(5)6/h4-9,12-13,20H,1-3,10-11,14,18H2;6-8,11-12,17H,3-5,9-10,16H2,1-2H3,(H,18,19);4-7,16H,1-3,8-11,14H2,(H2,15,17,18);4-6,9-10,15H,1-3,7-8,14H2;2*4-5,8-9,14H,1-3,6-7,13H2;6*1-3H3,(H,5,6)/p-6. The Labute approximate surface area is 908 Å². The van der Waals surface area contributed by atoms with Crippen LogP contribution in [0, 0.1) is 0 Å². The molecule has 6 unspecified atom stereocenters. The Kier molecular flexibility index (Phi) is 78.3. The van der Waals surface area contributed by atoms with Gasteiger partial charge in [0, 0.05) is 118 Å². The van der Waals surface area contributed by atoms with Gasteiger partial charge in [-0.25, -0.2) is 23.5 Å². The minimum Gasteiger partial charge on any atom is -0.772 e. The van der Waals surface area contributed by atoms with E-state index in [9.17, 15) is 65.8 Å². The van der Waals surface area contributed by atoms with Crippen molar-refractivity contribution >= 4 is 165 Å². The molecule has 148 heavy (non-hydrogen) atoms. The van der Waals surface area contributed by atoms with Gasteiger partial charge in [-0.05, 0) is 490 Å². The summed E-state index contributed by atoms with van der Waals surface area (Å²) in [5, 5.41) is 31.8. The fourth-order valence-electron chi connectivity index (χ4n) is 10.8. The average molecular weight is 2230 g/mol. The molecule has 21 N–H and O–H groups in total. The topological polar surface area (TPSA) is 610 Å². The van der Waals surface area contributed by atoms with Crippen molar-refractivity contribution in [2.75, 3.05) is 112 Å². The number of unbranched alkanes of at least 4 members (excludes halogenated alkanes) is 12. The van der Waals surface area contributed by atoms with E-state index in [-0.39, 0.29) is 16.8 Å². The number of carbonyl (C=O) groups is 1. The first-order valence-electron chi connectivity index (χ1n) is 50.2.